The van der Waals surface area contributed by atoms with Gasteiger partial charge in [0, 0.05) is 38.9 Å². The van der Waals surface area contributed by atoms with E-state index in [2.05, 4.69) is 26.2 Å². The summed E-state index contributed by atoms with van der Waals surface area (Å²) in [4.78, 5) is 52.5. The number of hydrogen-bond acceptors (Lipinski definition) is 10. The number of amides is 2. The summed E-state index contributed by atoms with van der Waals surface area (Å²) in [7, 11) is 1.47. The number of nitrogens with one attached hydrogen (secondary N) is 1. The van der Waals surface area contributed by atoms with Crippen LogP contribution >= 0.6 is 0 Å². The number of fused-ring (bicyclic) bond motifs is 1. The first-order valence-corrected chi connectivity index (χ1v) is 14.0. The molecule has 0 saturated heterocycles. The van der Waals surface area contributed by atoms with Crippen molar-refractivity contribution in [2.45, 2.75) is 52.4 Å². The number of hydrogen-bond donors (Lipinski definition) is 2. The molecule has 2 amide bonds. The van der Waals surface area contributed by atoms with Gasteiger partial charge in [-0.15, -0.1) is 6.42 Å². The van der Waals surface area contributed by atoms with E-state index in [9.17, 15) is 14.4 Å². The van der Waals surface area contributed by atoms with Crippen molar-refractivity contribution < 1.29 is 28.6 Å². The van der Waals surface area contributed by atoms with Crippen LogP contribution in [-0.4, -0.2) is 82.9 Å². The largest absolute Gasteiger partial charge is 0.464 e. The molecule has 3 aromatic rings. The van der Waals surface area contributed by atoms with E-state index in [0.29, 0.717) is 47.6 Å². The van der Waals surface area contributed by atoms with Crippen molar-refractivity contribution in [2.75, 3.05) is 44.0 Å². The van der Waals surface area contributed by atoms with Gasteiger partial charge in [0.15, 0.2) is 17.8 Å². The zero-order valence-corrected chi connectivity index (χ0v) is 25.2. The fraction of sp³-hybridized carbons (Fsp3) is 0.467. The number of imidazole rings is 1. The predicted molar refractivity (Wildman–Crippen MR) is 161 cm³/mol. The van der Waals surface area contributed by atoms with Gasteiger partial charge in [0.25, 0.3) is 0 Å². The molecule has 0 aliphatic carbocycles. The van der Waals surface area contributed by atoms with Crippen LogP contribution in [0.15, 0.2) is 30.6 Å². The molecule has 0 fully saturated rings. The Morgan fingerprint density at radius 1 is 1.23 bits per heavy atom. The molecule has 1 aromatic carbocycles. The quantitative estimate of drug-likeness (QED) is 0.116. The minimum absolute atomic E-state index is 0.0491. The standard InChI is InChI=1S/C30H39N7O6/c1-7-22(16-36-19-33-25-26(31)34-20(5)35-27(25)36)24(41-6)17-43-30(18-38,28(39)42-10-4)15-21-11-13-23(14-12-21)37(9-3)29(40)32-8-2/h1,11-14,18-19,22,24H,8-10,15-17H2,2-6H3,(H,32,40)(H2,31,34,35)/t22?,24?,30-/m0/s1. The predicted octanol–water partition coefficient (Wildman–Crippen LogP) is 2.30. The summed E-state index contributed by atoms with van der Waals surface area (Å²) in [6, 6.07) is 6.73. The molecule has 0 bridgehead atoms. The van der Waals surface area contributed by atoms with Gasteiger partial charge in [-0.25, -0.2) is 24.5 Å². The second kappa shape index (κ2) is 15.1. The first-order valence-electron chi connectivity index (χ1n) is 14.0. The van der Waals surface area contributed by atoms with E-state index in [0.717, 1.165) is 0 Å². The molecular formula is C30H39N7O6. The third-order valence-corrected chi connectivity index (χ3v) is 6.88. The molecule has 0 spiro atoms. The Kier molecular flexibility index (Phi) is 11.6. The number of rotatable bonds is 15. The topological polar surface area (TPSA) is 164 Å². The summed E-state index contributed by atoms with van der Waals surface area (Å²) >= 11 is 0. The van der Waals surface area contributed by atoms with Crippen LogP contribution in [0.4, 0.5) is 16.3 Å². The zero-order valence-electron chi connectivity index (χ0n) is 25.2. The summed E-state index contributed by atoms with van der Waals surface area (Å²) in [5.74, 6) is 2.07. The monoisotopic (exact) mass is 593 g/mol. The minimum atomic E-state index is -1.96. The number of carbonyl (C=O) groups excluding carboxylic acids is 3. The molecule has 2 unspecified atom stereocenters. The molecule has 13 heteroatoms. The highest BCUT2D eigenvalue weighted by Crippen LogP contribution is 2.24. The SMILES string of the molecule is C#CC(Cn1cnc2c(N)nc(C)nc21)C(CO[C@](C=O)(Cc1ccc(N(CC)C(=O)NCC)cc1)C(=O)OCC)OC. The van der Waals surface area contributed by atoms with E-state index in [-0.39, 0.29) is 38.0 Å². The Labute approximate surface area is 251 Å². The van der Waals surface area contributed by atoms with Crippen LogP contribution in [0.2, 0.25) is 0 Å². The molecule has 230 valence electrons. The van der Waals surface area contributed by atoms with Crippen molar-refractivity contribution in [1.82, 2.24) is 24.8 Å². The highest BCUT2D eigenvalue weighted by atomic mass is 16.6. The summed E-state index contributed by atoms with van der Waals surface area (Å²) in [5, 5.41) is 2.78. The van der Waals surface area contributed by atoms with E-state index < -0.39 is 23.6 Å². The van der Waals surface area contributed by atoms with Gasteiger partial charge in [0.1, 0.15) is 11.3 Å². The molecule has 0 radical (unpaired) electrons. The van der Waals surface area contributed by atoms with Crippen LogP contribution in [0, 0.1) is 25.2 Å². The number of benzene rings is 1. The second-order valence-corrected chi connectivity index (χ2v) is 9.73. The molecule has 0 aliphatic heterocycles. The molecule has 13 nitrogen and oxygen atoms in total. The number of esters is 1. The minimum Gasteiger partial charge on any atom is -0.464 e. The van der Waals surface area contributed by atoms with Crippen molar-refractivity contribution >= 4 is 41.0 Å². The van der Waals surface area contributed by atoms with Crippen LogP contribution in [0.1, 0.15) is 32.2 Å². The average molecular weight is 594 g/mol. The molecular weight excluding hydrogens is 554 g/mol. The molecule has 0 saturated carbocycles. The number of aromatic nitrogens is 4. The maximum atomic E-state index is 13.1. The number of terminal acetylenes is 1. The Morgan fingerprint density at radius 3 is 2.53 bits per heavy atom. The average Bonchev–Trinajstić information content (AvgIpc) is 3.40. The summed E-state index contributed by atoms with van der Waals surface area (Å²) < 4.78 is 18.7. The van der Waals surface area contributed by atoms with Crippen molar-refractivity contribution in [2.24, 2.45) is 5.92 Å². The van der Waals surface area contributed by atoms with Gasteiger partial charge in [-0.2, -0.15) is 0 Å². The molecule has 3 atom stereocenters. The number of aryl methyl sites for hydroxylation is 1. The number of anilines is 2. The van der Waals surface area contributed by atoms with E-state index in [1.807, 2.05) is 13.8 Å². The second-order valence-electron chi connectivity index (χ2n) is 9.73. The maximum absolute atomic E-state index is 13.1. The van der Waals surface area contributed by atoms with Gasteiger partial charge in [0.05, 0.1) is 31.6 Å². The number of nitrogen functional groups attached to an aromatic ring is 1. The lowest BCUT2D eigenvalue weighted by Gasteiger charge is -2.30. The Balaban J connectivity index is 1.83. The number of carbonyl (C=O) groups is 3. The molecule has 3 N–H and O–H groups in total. The van der Waals surface area contributed by atoms with Gasteiger partial charge in [0.2, 0.25) is 5.60 Å². The number of methoxy groups -OCH3 is 1. The van der Waals surface area contributed by atoms with Crippen molar-refractivity contribution in [3.63, 3.8) is 0 Å². The normalized spacial score (nSPS) is 13.9. The lowest BCUT2D eigenvalue weighted by molar-refractivity contribution is -0.177. The van der Waals surface area contributed by atoms with Gasteiger partial charge in [-0.3, -0.25) is 9.69 Å². The summed E-state index contributed by atoms with van der Waals surface area (Å²) in [6.07, 6.45) is 7.08. The maximum Gasteiger partial charge on any atom is 0.346 e. The number of nitrogens with two attached hydrogens (primary N) is 1. The van der Waals surface area contributed by atoms with Gasteiger partial charge in [-0.1, -0.05) is 18.1 Å². The van der Waals surface area contributed by atoms with Gasteiger partial charge in [-0.05, 0) is 45.4 Å². The van der Waals surface area contributed by atoms with E-state index >= 15 is 0 Å². The van der Waals surface area contributed by atoms with E-state index in [1.54, 1.807) is 53.9 Å². The molecule has 0 aliphatic rings. The molecule has 2 aromatic heterocycles. The molecule has 3 rings (SSSR count). The molecule has 43 heavy (non-hydrogen) atoms. The van der Waals surface area contributed by atoms with Crippen LogP contribution in [-0.2, 0) is 36.8 Å². The van der Waals surface area contributed by atoms with Gasteiger partial charge >= 0.3 is 12.0 Å². The first-order chi connectivity index (χ1) is 20.7. The number of aldehydes is 1. The molecule has 2 heterocycles. The lowest BCUT2D eigenvalue weighted by atomic mass is 9.94. The van der Waals surface area contributed by atoms with Gasteiger partial charge < -0.3 is 29.8 Å². The van der Waals surface area contributed by atoms with Crippen molar-refractivity contribution in [3.05, 3.63) is 42.0 Å². The third kappa shape index (κ3) is 7.65. The highest BCUT2D eigenvalue weighted by Gasteiger charge is 2.43. The Bertz CT molecular complexity index is 1450. The zero-order chi connectivity index (χ0) is 31.6. The van der Waals surface area contributed by atoms with E-state index in [1.165, 1.54) is 7.11 Å². The highest BCUT2D eigenvalue weighted by molar-refractivity contribution is 5.97. The van der Waals surface area contributed by atoms with E-state index in [4.69, 9.17) is 26.4 Å². The number of urea groups is 1. The third-order valence-electron chi connectivity index (χ3n) is 6.88. The van der Waals surface area contributed by atoms with Crippen molar-refractivity contribution in [3.8, 4) is 12.3 Å². The fourth-order valence-electron chi connectivity index (χ4n) is 4.63. The van der Waals surface area contributed by atoms with Crippen LogP contribution in [0.5, 0.6) is 0 Å². The Morgan fingerprint density at radius 2 is 1.95 bits per heavy atom. The lowest BCUT2D eigenvalue weighted by Crippen LogP contribution is -2.49. The first kappa shape index (κ1) is 33.0. The smallest absolute Gasteiger partial charge is 0.346 e. The van der Waals surface area contributed by atoms with Crippen LogP contribution in [0.3, 0.4) is 0 Å². The number of ether oxygens (including phenoxy) is 3. The summed E-state index contributed by atoms with van der Waals surface area (Å²) in [6.45, 7) is 8.14. The van der Waals surface area contributed by atoms with Crippen LogP contribution < -0.4 is 16.0 Å². The van der Waals surface area contributed by atoms with Crippen molar-refractivity contribution in [1.29, 1.82) is 0 Å². The Hall–Kier alpha value is -4.54. The number of nitrogens with zero attached hydrogens (tertiary/aromatic N) is 5. The van der Waals surface area contributed by atoms with Crippen LogP contribution in [0.25, 0.3) is 11.2 Å². The summed E-state index contributed by atoms with van der Waals surface area (Å²) in [5.41, 5.74) is 6.29. The fourth-order valence-corrected chi connectivity index (χ4v) is 4.63.